The molecule has 1 fully saturated rings. The molecule has 0 aromatic heterocycles. The largest absolute Gasteiger partial charge is 0.524 e. The van der Waals surface area contributed by atoms with E-state index in [0.717, 1.165) is 0 Å². The lowest BCUT2D eigenvalue weighted by Crippen LogP contribution is -2.66. The zero-order valence-corrected chi connectivity index (χ0v) is 11.3. The molecule has 0 amide bonds. The number of halogens is 6. The summed E-state index contributed by atoms with van der Waals surface area (Å²) in [6.07, 6.45) is -16.7. The molecular formula is C10H18BF6NO. The van der Waals surface area contributed by atoms with Gasteiger partial charge in [0.1, 0.15) is 0 Å². The maximum atomic E-state index is 13.0. The van der Waals surface area contributed by atoms with Gasteiger partial charge in [-0.05, 0) is 6.44 Å². The predicted molar refractivity (Wildman–Crippen MR) is 59.2 cm³/mol. The second-order valence-electron chi connectivity index (χ2n) is 5.68. The van der Waals surface area contributed by atoms with Gasteiger partial charge in [-0.25, -0.2) is 26.3 Å². The van der Waals surface area contributed by atoms with Crippen LogP contribution in [0.2, 0.25) is 0 Å². The minimum atomic E-state index is -5.43. The summed E-state index contributed by atoms with van der Waals surface area (Å²) in [7, 11) is 2.71. The van der Waals surface area contributed by atoms with Gasteiger partial charge in [-0.3, -0.25) is 0 Å². The second kappa shape index (κ2) is 4.28. The van der Waals surface area contributed by atoms with E-state index in [9.17, 15) is 26.3 Å². The van der Waals surface area contributed by atoms with Gasteiger partial charge in [-0.15, -0.1) is 0 Å². The molecule has 1 rings (SSSR count). The SMILES string of the molecule is CCC1(CC)O[B-](C(F)(F)F)(C(F)(F)F)C[N+]1(C)C. The summed E-state index contributed by atoms with van der Waals surface area (Å²) >= 11 is 0. The van der Waals surface area contributed by atoms with Crippen LogP contribution in [0.1, 0.15) is 26.7 Å². The zero-order chi connectivity index (χ0) is 15.3. The molecule has 1 aliphatic rings. The minimum absolute atomic E-state index is 0.0894. The molecule has 0 N–H and O–H groups in total. The van der Waals surface area contributed by atoms with Crippen LogP contribution in [0.4, 0.5) is 26.3 Å². The van der Waals surface area contributed by atoms with E-state index < -0.39 is 35.2 Å². The zero-order valence-electron chi connectivity index (χ0n) is 11.3. The summed E-state index contributed by atoms with van der Waals surface area (Å²) < 4.78 is 82.6. The maximum Gasteiger partial charge on any atom is 0.400 e. The van der Waals surface area contributed by atoms with Crippen LogP contribution in [0.3, 0.4) is 0 Å². The van der Waals surface area contributed by atoms with Gasteiger partial charge < -0.3 is 9.14 Å². The summed E-state index contributed by atoms with van der Waals surface area (Å²) in [5.74, 6) is 0. The van der Waals surface area contributed by atoms with E-state index in [1.54, 1.807) is 13.8 Å². The summed E-state index contributed by atoms with van der Waals surface area (Å²) in [6.45, 7) is 3.09. The number of hydrogen-bond donors (Lipinski definition) is 0. The number of rotatable bonds is 2. The molecule has 0 aromatic carbocycles. The highest BCUT2D eigenvalue weighted by Crippen LogP contribution is 2.52. The Morgan fingerprint density at radius 2 is 1.37 bits per heavy atom. The molecule has 1 aliphatic heterocycles. The fourth-order valence-corrected chi connectivity index (χ4v) is 3.16. The lowest BCUT2D eigenvalue weighted by Gasteiger charge is -2.45. The lowest BCUT2D eigenvalue weighted by atomic mass is 9.38. The average Bonchev–Trinajstić information content (AvgIpc) is 2.46. The summed E-state index contributed by atoms with van der Waals surface area (Å²) in [4.78, 5) is 0. The van der Waals surface area contributed by atoms with Crippen molar-refractivity contribution in [2.75, 3.05) is 20.5 Å². The van der Waals surface area contributed by atoms with Crippen LogP contribution in [-0.4, -0.2) is 49.2 Å². The van der Waals surface area contributed by atoms with E-state index in [2.05, 4.69) is 0 Å². The van der Waals surface area contributed by atoms with Crippen molar-refractivity contribution >= 4 is 6.35 Å². The minimum Gasteiger partial charge on any atom is -0.524 e. The van der Waals surface area contributed by atoms with Crippen LogP contribution >= 0.6 is 0 Å². The van der Waals surface area contributed by atoms with Crippen molar-refractivity contribution in [2.45, 2.75) is 44.6 Å². The van der Waals surface area contributed by atoms with Gasteiger partial charge in [-0.2, -0.15) is 0 Å². The maximum absolute atomic E-state index is 13.0. The predicted octanol–water partition coefficient (Wildman–Crippen LogP) is 3.30. The third kappa shape index (κ3) is 2.14. The summed E-state index contributed by atoms with van der Waals surface area (Å²) in [5.41, 5.74) is -1.45. The third-order valence-electron chi connectivity index (χ3n) is 4.40. The molecule has 9 heteroatoms. The van der Waals surface area contributed by atoms with Gasteiger partial charge in [0.05, 0.1) is 14.1 Å². The summed E-state index contributed by atoms with van der Waals surface area (Å²) in [6, 6.07) is 0. The van der Waals surface area contributed by atoms with Crippen molar-refractivity contribution in [3.63, 3.8) is 0 Å². The topological polar surface area (TPSA) is 9.23 Å². The fraction of sp³-hybridized carbons (Fsp3) is 1.00. The van der Waals surface area contributed by atoms with Crippen LogP contribution in [0, 0.1) is 0 Å². The Morgan fingerprint density at radius 3 is 1.53 bits per heavy atom. The molecule has 0 saturated carbocycles. The van der Waals surface area contributed by atoms with E-state index in [1.165, 1.54) is 14.1 Å². The normalized spacial score (nSPS) is 25.6. The van der Waals surface area contributed by atoms with E-state index in [1.807, 2.05) is 0 Å². The molecule has 0 spiro atoms. The van der Waals surface area contributed by atoms with Gasteiger partial charge in [0.25, 0.3) is 12.2 Å². The van der Waals surface area contributed by atoms with E-state index in [0.29, 0.717) is 0 Å². The summed E-state index contributed by atoms with van der Waals surface area (Å²) in [5, 5.41) is 0. The smallest absolute Gasteiger partial charge is 0.400 e. The van der Waals surface area contributed by atoms with E-state index >= 15 is 0 Å². The van der Waals surface area contributed by atoms with Gasteiger partial charge >= 0.3 is 6.35 Å². The van der Waals surface area contributed by atoms with E-state index in [4.69, 9.17) is 4.65 Å². The molecule has 114 valence electrons. The van der Waals surface area contributed by atoms with Crippen molar-refractivity contribution in [2.24, 2.45) is 0 Å². The molecule has 1 saturated heterocycles. The molecule has 0 radical (unpaired) electrons. The van der Waals surface area contributed by atoms with Gasteiger partial charge in [0, 0.05) is 12.8 Å². The monoisotopic (exact) mass is 293 g/mol. The second-order valence-corrected chi connectivity index (χ2v) is 5.68. The fourth-order valence-electron chi connectivity index (χ4n) is 3.16. The molecule has 19 heavy (non-hydrogen) atoms. The van der Waals surface area contributed by atoms with Crippen molar-refractivity contribution < 1.29 is 35.5 Å². The first-order valence-electron chi connectivity index (χ1n) is 6.11. The van der Waals surface area contributed by atoms with Crippen molar-refractivity contribution in [1.29, 1.82) is 0 Å². The first kappa shape index (κ1) is 16.6. The highest BCUT2D eigenvalue weighted by molar-refractivity contribution is 6.78. The Morgan fingerprint density at radius 1 is 1.00 bits per heavy atom. The molecule has 0 atom stereocenters. The van der Waals surface area contributed by atoms with Gasteiger partial charge in [0.2, 0.25) is 0 Å². The Balaban J connectivity index is 3.43. The molecule has 0 bridgehead atoms. The number of alkyl halides is 6. The van der Waals surface area contributed by atoms with Gasteiger partial charge in [0.15, 0.2) is 5.72 Å². The number of hydrogen-bond acceptors (Lipinski definition) is 1. The highest BCUT2D eigenvalue weighted by Gasteiger charge is 2.77. The number of quaternary nitrogens is 1. The van der Waals surface area contributed by atoms with Crippen molar-refractivity contribution in [3.05, 3.63) is 0 Å². The lowest BCUT2D eigenvalue weighted by molar-refractivity contribution is -0.944. The average molecular weight is 293 g/mol. The van der Waals surface area contributed by atoms with Crippen LogP contribution in [0.5, 0.6) is 0 Å². The number of nitrogens with zero attached hydrogens (tertiary/aromatic N) is 1. The Hall–Kier alpha value is -0.435. The molecule has 2 nitrogen and oxygen atoms in total. The third-order valence-corrected chi connectivity index (χ3v) is 4.40. The van der Waals surface area contributed by atoms with Gasteiger partial charge in [-0.1, -0.05) is 13.8 Å². The first-order valence-corrected chi connectivity index (χ1v) is 6.11. The Kier molecular flexibility index (Phi) is 3.74. The standard InChI is InChI=1S/C10H18BF6NO/c1-5-8(6-2)18(3,4)7-11(19-8,9(12,13)14)10(15,16)17/h5-7H2,1-4H3. The van der Waals surface area contributed by atoms with Crippen LogP contribution in [0.25, 0.3) is 0 Å². The molecule has 1 heterocycles. The molecular weight excluding hydrogens is 275 g/mol. The Bertz CT molecular complexity index is 333. The highest BCUT2D eigenvalue weighted by atomic mass is 19.4. The van der Waals surface area contributed by atoms with Crippen LogP contribution in [0.15, 0.2) is 0 Å². The molecule has 0 aromatic rings. The first-order chi connectivity index (χ1) is 8.29. The van der Waals surface area contributed by atoms with Crippen LogP contribution in [-0.2, 0) is 4.65 Å². The van der Waals surface area contributed by atoms with Crippen LogP contribution < -0.4 is 0 Å². The van der Waals surface area contributed by atoms with Crippen molar-refractivity contribution in [3.8, 4) is 0 Å². The molecule has 0 unspecified atom stereocenters. The molecule has 0 aliphatic carbocycles. The Labute approximate surface area is 108 Å². The van der Waals surface area contributed by atoms with Crippen molar-refractivity contribution in [1.82, 2.24) is 0 Å². The van der Waals surface area contributed by atoms with E-state index in [-0.39, 0.29) is 12.8 Å². The quantitative estimate of drug-likeness (QED) is 0.431.